The number of rotatable bonds is 4. The Balaban J connectivity index is 1.45. The molecule has 2 aromatic rings. The van der Waals surface area contributed by atoms with Crippen molar-refractivity contribution < 1.29 is 4.39 Å². The second kappa shape index (κ2) is 10.6. The maximum Gasteiger partial charge on any atom is 0.146 e. The van der Waals surface area contributed by atoms with E-state index < -0.39 is 0 Å². The van der Waals surface area contributed by atoms with Gasteiger partial charge in [-0.25, -0.2) is 4.39 Å². The lowest BCUT2D eigenvalue weighted by molar-refractivity contribution is 0.171. The number of benzene rings is 2. The van der Waals surface area contributed by atoms with Crippen LogP contribution in [0.1, 0.15) is 74.6 Å². The van der Waals surface area contributed by atoms with Gasteiger partial charge in [0.2, 0.25) is 0 Å². The molecule has 0 saturated heterocycles. The fourth-order valence-electron chi connectivity index (χ4n) is 5.89. The van der Waals surface area contributed by atoms with Crippen LogP contribution in [0.3, 0.4) is 0 Å². The van der Waals surface area contributed by atoms with Crippen LogP contribution in [0.25, 0.3) is 11.3 Å². The van der Waals surface area contributed by atoms with Crippen molar-refractivity contribution in [3.63, 3.8) is 0 Å². The number of hydrogen-bond donors (Lipinski definition) is 3. The summed E-state index contributed by atoms with van der Waals surface area (Å²) in [5.41, 5.74) is 13.3. The number of nitrogens with one attached hydrogen (secondary N) is 2. The highest BCUT2D eigenvalue weighted by Crippen LogP contribution is 2.36. The number of allylic oxidation sites excluding steroid dienone is 1. The van der Waals surface area contributed by atoms with Gasteiger partial charge in [-0.05, 0) is 73.6 Å². The molecule has 1 saturated carbocycles. The lowest BCUT2D eigenvalue weighted by Crippen LogP contribution is -2.39. The van der Waals surface area contributed by atoms with Crippen molar-refractivity contribution in [2.45, 2.75) is 64.0 Å². The molecule has 4 nitrogen and oxygen atoms in total. The normalized spacial score (nSPS) is 23.1. The summed E-state index contributed by atoms with van der Waals surface area (Å²) in [7, 11) is 0. The zero-order valence-electron chi connectivity index (χ0n) is 20.5. The van der Waals surface area contributed by atoms with E-state index in [4.69, 9.17) is 17.3 Å². The molecule has 0 spiro atoms. The average Bonchev–Trinajstić information content (AvgIpc) is 3.06. The predicted molar refractivity (Wildman–Crippen MR) is 145 cm³/mol. The highest BCUT2D eigenvalue weighted by molar-refractivity contribution is 6.30. The van der Waals surface area contributed by atoms with Gasteiger partial charge in [-0.15, -0.1) is 0 Å². The third-order valence-corrected chi connectivity index (χ3v) is 8.02. The number of nitrogens with two attached hydrogens (primary N) is 1. The van der Waals surface area contributed by atoms with E-state index in [2.05, 4.69) is 39.8 Å². The van der Waals surface area contributed by atoms with Gasteiger partial charge in [0.1, 0.15) is 5.82 Å². The van der Waals surface area contributed by atoms with Crippen LogP contribution in [0.4, 0.5) is 10.1 Å². The quantitative estimate of drug-likeness (QED) is 0.443. The molecule has 0 radical (unpaired) electrons. The first-order valence-electron chi connectivity index (χ1n) is 13.0. The summed E-state index contributed by atoms with van der Waals surface area (Å²) in [4.78, 5) is 2.67. The van der Waals surface area contributed by atoms with Crippen LogP contribution in [0.15, 0.2) is 48.2 Å². The largest absolute Gasteiger partial charge is 0.401 e. The van der Waals surface area contributed by atoms with E-state index >= 15 is 0 Å². The minimum Gasteiger partial charge on any atom is -0.401 e. The summed E-state index contributed by atoms with van der Waals surface area (Å²) in [5, 5.41) is 7.45. The summed E-state index contributed by atoms with van der Waals surface area (Å²) in [6, 6.07) is 12.0. The Morgan fingerprint density at radius 2 is 1.94 bits per heavy atom. The molecule has 6 heteroatoms. The van der Waals surface area contributed by atoms with Crippen LogP contribution in [0.5, 0.6) is 0 Å². The van der Waals surface area contributed by atoms with Crippen molar-refractivity contribution in [3.8, 4) is 0 Å². The maximum absolute atomic E-state index is 14.6. The minimum absolute atomic E-state index is 0.0646. The molecule has 2 aromatic carbocycles. The first-order chi connectivity index (χ1) is 17.0. The molecular weight excluding hydrogens is 459 g/mol. The van der Waals surface area contributed by atoms with Gasteiger partial charge in [-0.3, -0.25) is 4.90 Å². The van der Waals surface area contributed by atoms with Crippen molar-refractivity contribution in [3.05, 3.63) is 75.7 Å². The van der Waals surface area contributed by atoms with E-state index in [1.54, 1.807) is 12.1 Å². The summed E-state index contributed by atoms with van der Waals surface area (Å²) < 4.78 is 14.6. The second-order valence-electron chi connectivity index (χ2n) is 10.2. The molecule has 3 aliphatic rings. The third kappa shape index (κ3) is 5.36. The standard InChI is InChI=1S/C29H36ClFN4/c1-19(32)29-24-9-7-21(20-12-15-35(16-13-20)23-5-3-2-4-6-23)17-25(24)27(11-14-33-29)34-28-18-22(30)8-10-26(28)31/h7-10,12,17-18,23,27,33-34H,2-6,11,13-16,32H2,1H3/b29-19-. The summed E-state index contributed by atoms with van der Waals surface area (Å²) >= 11 is 6.17. The number of anilines is 1. The fraction of sp³-hybridized carbons (Fsp3) is 0.448. The monoisotopic (exact) mass is 494 g/mol. The molecule has 186 valence electrons. The SMILES string of the molecule is C/C(N)=C1/NCCC(Nc2cc(Cl)ccc2F)c2cc(C3=CCN(C4CCCCC4)CC3)ccc21. The van der Waals surface area contributed by atoms with E-state index in [1.807, 2.05) is 6.92 Å². The Morgan fingerprint density at radius 1 is 1.11 bits per heavy atom. The van der Waals surface area contributed by atoms with E-state index in [0.29, 0.717) is 10.7 Å². The summed E-state index contributed by atoms with van der Waals surface area (Å²) in [5.74, 6) is -0.298. The van der Waals surface area contributed by atoms with Crippen LogP contribution in [-0.4, -0.2) is 30.6 Å². The molecule has 1 aliphatic carbocycles. The van der Waals surface area contributed by atoms with Crippen LogP contribution in [0.2, 0.25) is 5.02 Å². The van der Waals surface area contributed by atoms with Crippen molar-refractivity contribution in [2.75, 3.05) is 25.0 Å². The van der Waals surface area contributed by atoms with Gasteiger partial charge in [-0.1, -0.05) is 49.1 Å². The highest BCUT2D eigenvalue weighted by Gasteiger charge is 2.26. The Morgan fingerprint density at radius 3 is 2.69 bits per heavy atom. The number of hydrogen-bond acceptors (Lipinski definition) is 4. The number of nitrogens with zero attached hydrogens (tertiary/aromatic N) is 1. The number of fused-ring (bicyclic) bond motifs is 1. The number of halogens is 2. The molecule has 1 atom stereocenters. The average molecular weight is 495 g/mol. The fourth-order valence-corrected chi connectivity index (χ4v) is 6.07. The van der Waals surface area contributed by atoms with E-state index in [9.17, 15) is 4.39 Å². The topological polar surface area (TPSA) is 53.3 Å². The molecule has 0 bridgehead atoms. The van der Waals surface area contributed by atoms with E-state index in [0.717, 1.165) is 61.0 Å². The van der Waals surface area contributed by atoms with Gasteiger partial charge in [0.15, 0.2) is 0 Å². The first kappa shape index (κ1) is 24.2. The van der Waals surface area contributed by atoms with Crippen molar-refractivity contribution in [1.82, 2.24) is 10.2 Å². The molecule has 1 fully saturated rings. The first-order valence-corrected chi connectivity index (χ1v) is 13.4. The second-order valence-corrected chi connectivity index (χ2v) is 10.6. The van der Waals surface area contributed by atoms with Crippen LogP contribution >= 0.6 is 11.6 Å². The molecule has 4 N–H and O–H groups in total. The molecule has 0 aromatic heterocycles. The van der Waals surface area contributed by atoms with E-state index in [-0.39, 0.29) is 11.9 Å². The molecule has 5 rings (SSSR count). The zero-order chi connectivity index (χ0) is 24.4. The minimum atomic E-state index is -0.298. The molecule has 2 heterocycles. The van der Waals surface area contributed by atoms with Crippen LogP contribution in [-0.2, 0) is 0 Å². The lowest BCUT2D eigenvalue weighted by atomic mass is 9.89. The Labute approximate surface area is 213 Å². The molecule has 2 aliphatic heterocycles. The van der Waals surface area contributed by atoms with Crippen LogP contribution in [0, 0.1) is 5.82 Å². The van der Waals surface area contributed by atoms with Crippen molar-refractivity contribution in [2.24, 2.45) is 5.73 Å². The zero-order valence-corrected chi connectivity index (χ0v) is 21.3. The predicted octanol–water partition coefficient (Wildman–Crippen LogP) is 6.69. The highest BCUT2D eigenvalue weighted by atomic mass is 35.5. The van der Waals surface area contributed by atoms with Gasteiger partial charge in [0.25, 0.3) is 0 Å². The Hall–Kier alpha value is -2.50. The summed E-state index contributed by atoms with van der Waals surface area (Å²) in [6.07, 6.45) is 11.1. The van der Waals surface area contributed by atoms with Gasteiger partial charge in [-0.2, -0.15) is 0 Å². The van der Waals surface area contributed by atoms with Crippen LogP contribution < -0.4 is 16.4 Å². The summed E-state index contributed by atoms with van der Waals surface area (Å²) in [6.45, 7) is 4.82. The Bertz CT molecular complexity index is 1130. The maximum atomic E-state index is 14.6. The molecular formula is C29H36ClFN4. The third-order valence-electron chi connectivity index (χ3n) is 7.79. The Kier molecular flexibility index (Phi) is 7.35. The van der Waals surface area contributed by atoms with Gasteiger partial charge < -0.3 is 16.4 Å². The van der Waals surface area contributed by atoms with Gasteiger partial charge in [0.05, 0.1) is 17.4 Å². The molecule has 0 amide bonds. The lowest BCUT2D eigenvalue weighted by Gasteiger charge is -2.36. The van der Waals surface area contributed by atoms with E-state index in [1.165, 1.54) is 49.3 Å². The van der Waals surface area contributed by atoms with Crippen molar-refractivity contribution in [1.29, 1.82) is 0 Å². The smallest absolute Gasteiger partial charge is 0.146 e. The molecule has 1 unspecified atom stereocenters. The van der Waals surface area contributed by atoms with Crippen molar-refractivity contribution >= 4 is 28.6 Å². The van der Waals surface area contributed by atoms with Gasteiger partial charge >= 0.3 is 0 Å². The molecule has 35 heavy (non-hydrogen) atoms. The van der Waals surface area contributed by atoms with Gasteiger partial charge in [0, 0.05) is 42.0 Å².